The van der Waals surface area contributed by atoms with Crippen molar-refractivity contribution in [3.8, 4) is 22.4 Å². The quantitative estimate of drug-likeness (QED) is 0.507. The van der Waals surface area contributed by atoms with Gasteiger partial charge in [0.15, 0.2) is 0 Å². The number of hydrogen-bond acceptors (Lipinski definition) is 2. The molecular formula is C24H21ClNS-. The molecule has 0 spiro atoms. The van der Waals surface area contributed by atoms with Gasteiger partial charge in [0, 0.05) is 15.8 Å². The van der Waals surface area contributed by atoms with E-state index in [1.165, 1.54) is 58.2 Å². The standard InChI is InChI=1S/C24H21NS.ClH/c1-16-9-5-6-12-18(16)21-15-20(17-10-3-2-4-11-17)23-19-13-7-8-14-22(19)26-24(23)25-21;/h2-6,9-12,15H,7-8,13-14H2,1H3;1H/p-1. The predicted molar refractivity (Wildman–Crippen MR) is 112 cm³/mol. The summed E-state index contributed by atoms with van der Waals surface area (Å²) in [6.45, 7) is 2.17. The van der Waals surface area contributed by atoms with Gasteiger partial charge in [0.05, 0.1) is 5.69 Å². The summed E-state index contributed by atoms with van der Waals surface area (Å²) in [6.07, 6.45) is 5.02. The minimum Gasteiger partial charge on any atom is -1.00 e. The van der Waals surface area contributed by atoms with Crippen molar-refractivity contribution >= 4 is 21.6 Å². The molecule has 2 heterocycles. The zero-order valence-electron chi connectivity index (χ0n) is 15.3. The van der Waals surface area contributed by atoms with E-state index < -0.39 is 0 Å². The summed E-state index contributed by atoms with van der Waals surface area (Å²) in [4.78, 5) is 7.87. The summed E-state index contributed by atoms with van der Waals surface area (Å²) >= 11 is 1.91. The third kappa shape index (κ3) is 3.18. The number of thiophene rings is 1. The molecule has 4 aromatic rings. The average Bonchev–Trinajstić information content (AvgIpc) is 3.07. The Morgan fingerprint density at radius 1 is 0.852 bits per heavy atom. The van der Waals surface area contributed by atoms with Crippen molar-refractivity contribution in [3.05, 3.63) is 76.7 Å². The maximum absolute atomic E-state index is 5.12. The van der Waals surface area contributed by atoms with Crippen LogP contribution in [0.5, 0.6) is 0 Å². The summed E-state index contributed by atoms with van der Waals surface area (Å²) < 4.78 is 0. The molecule has 1 aliphatic rings. The van der Waals surface area contributed by atoms with Gasteiger partial charge in [-0.2, -0.15) is 0 Å². The van der Waals surface area contributed by atoms with Gasteiger partial charge in [0.1, 0.15) is 4.83 Å². The predicted octanol–water partition coefficient (Wildman–Crippen LogP) is 3.82. The summed E-state index contributed by atoms with van der Waals surface area (Å²) in [5.74, 6) is 0. The van der Waals surface area contributed by atoms with Crippen LogP contribution in [0.4, 0.5) is 0 Å². The van der Waals surface area contributed by atoms with Crippen LogP contribution in [0.2, 0.25) is 0 Å². The van der Waals surface area contributed by atoms with Crippen molar-refractivity contribution in [1.29, 1.82) is 0 Å². The minimum absolute atomic E-state index is 0. The summed E-state index contributed by atoms with van der Waals surface area (Å²) in [5, 5.41) is 1.40. The lowest BCUT2D eigenvalue weighted by molar-refractivity contribution is -0.00000506. The molecule has 5 rings (SSSR count). The van der Waals surface area contributed by atoms with Crippen molar-refractivity contribution < 1.29 is 12.4 Å². The van der Waals surface area contributed by atoms with Crippen molar-refractivity contribution in [1.82, 2.24) is 4.98 Å². The number of halogens is 1. The molecule has 2 aromatic heterocycles. The van der Waals surface area contributed by atoms with Crippen LogP contribution in [-0.2, 0) is 12.8 Å². The Hall–Kier alpha value is -2.16. The van der Waals surface area contributed by atoms with E-state index in [0.29, 0.717) is 0 Å². The second-order valence-corrected chi connectivity index (χ2v) is 8.21. The number of benzene rings is 2. The fourth-order valence-electron chi connectivity index (χ4n) is 4.10. The number of fused-ring (bicyclic) bond motifs is 3. The molecule has 0 amide bonds. The lowest BCUT2D eigenvalue weighted by Gasteiger charge is -2.13. The highest BCUT2D eigenvalue weighted by molar-refractivity contribution is 7.19. The largest absolute Gasteiger partial charge is 1.00 e. The minimum atomic E-state index is 0. The van der Waals surface area contributed by atoms with Gasteiger partial charge < -0.3 is 12.4 Å². The number of hydrogen-bond donors (Lipinski definition) is 0. The second kappa shape index (κ2) is 7.46. The highest BCUT2D eigenvalue weighted by Gasteiger charge is 2.21. The first-order valence-electron chi connectivity index (χ1n) is 9.38. The maximum Gasteiger partial charge on any atom is 0.125 e. The Kier molecular flexibility index (Phi) is 5.03. The summed E-state index contributed by atoms with van der Waals surface area (Å²) in [6, 6.07) is 21.7. The third-order valence-electron chi connectivity index (χ3n) is 5.43. The maximum atomic E-state index is 5.12. The summed E-state index contributed by atoms with van der Waals surface area (Å²) in [5.41, 5.74) is 7.79. The molecule has 0 unspecified atom stereocenters. The lowest BCUT2D eigenvalue weighted by atomic mass is 9.92. The van der Waals surface area contributed by atoms with Crippen LogP contribution in [-0.4, -0.2) is 4.98 Å². The molecule has 136 valence electrons. The van der Waals surface area contributed by atoms with E-state index in [4.69, 9.17) is 4.98 Å². The molecule has 0 atom stereocenters. The van der Waals surface area contributed by atoms with E-state index in [9.17, 15) is 0 Å². The van der Waals surface area contributed by atoms with Crippen LogP contribution in [0.3, 0.4) is 0 Å². The van der Waals surface area contributed by atoms with Crippen LogP contribution in [0.1, 0.15) is 28.8 Å². The van der Waals surface area contributed by atoms with Gasteiger partial charge >= 0.3 is 0 Å². The van der Waals surface area contributed by atoms with Gasteiger partial charge in [0.25, 0.3) is 0 Å². The average molecular weight is 391 g/mol. The van der Waals surface area contributed by atoms with Crippen molar-refractivity contribution in [3.63, 3.8) is 0 Å². The van der Waals surface area contributed by atoms with Crippen molar-refractivity contribution in [2.24, 2.45) is 0 Å². The first-order valence-corrected chi connectivity index (χ1v) is 10.2. The molecule has 27 heavy (non-hydrogen) atoms. The summed E-state index contributed by atoms with van der Waals surface area (Å²) in [7, 11) is 0. The Bertz CT molecular complexity index is 1100. The third-order valence-corrected chi connectivity index (χ3v) is 6.62. The van der Waals surface area contributed by atoms with Gasteiger partial charge in [-0.15, -0.1) is 11.3 Å². The molecule has 1 aliphatic carbocycles. The zero-order chi connectivity index (χ0) is 17.5. The number of nitrogens with zero attached hydrogens (tertiary/aromatic N) is 1. The van der Waals surface area contributed by atoms with Gasteiger partial charge in [-0.25, -0.2) is 4.98 Å². The molecule has 0 aliphatic heterocycles. The molecule has 0 N–H and O–H groups in total. The van der Waals surface area contributed by atoms with Gasteiger partial charge in [-0.1, -0.05) is 54.6 Å². The van der Waals surface area contributed by atoms with Crippen LogP contribution < -0.4 is 12.4 Å². The van der Waals surface area contributed by atoms with Crippen LogP contribution >= 0.6 is 11.3 Å². The van der Waals surface area contributed by atoms with E-state index in [2.05, 4.69) is 67.6 Å². The lowest BCUT2D eigenvalue weighted by Crippen LogP contribution is -3.00. The molecule has 1 nitrogen and oxygen atoms in total. The first kappa shape index (κ1) is 18.2. The highest BCUT2D eigenvalue weighted by atomic mass is 35.5. The Morgan fingerprint density at radius 2 is 1.59 bits per heavy atom. The number of aryl methyl sites for hydroxylation is 3. The van der Waals surface area contributed by atoms with E-state index in [-0.39, 0.29) is 12.4 Å². The Balaban J connectivity index is 0.00000180. The number of aromatic nitrogens is 1. The molecule has 3 heteroatoms. The fraction of sp³-hybridized carbons (Fsp3) is 0.208. The molecule has 0 radical (unpaired) electrons. The normalized spacial score (nSPS) is 13.2. The molecule has 2 aromatic carbocycles. The van der Waals surface area contributed by atoms with Gasteiger partial charge in [-0.3, -0.25) is 0 Å². The van der Waals surface area contributed by atoms with E-state index in [1.54, 1.807) is 10.4 Å². The molecule has 0 fully saturated rings. The smallest absolute Gasteiger partial charge is 0.125 e. The molecule has 0 saturated carbocycles. The van der Waals surface area contributed by atoms with Crippen LogP contribution in [0.15, 0.2) is 60.7 Å². The topological polar surface area (TPSA) is 12.9 Å². The number of pyridine rings is 1. The van der Waals surface area contributed by atoms with Gasteiger partial charge in [0.2, 0.25) is 0 Å². The Labute approximate surface area is 170 Å². The zero-order valence-corrected chi connectivity index (χ0v) is 16.9. The second-order valence-electron chi connectivity index (χ2n) is 7.13. The SMILES string of the molecule is Cc1ccccc1-c1cc(-c2ccccc2)c2c3c(sc2n1)CCCC3.[Cl-]. The molecule has 0 bridgehead atoms. The van der Waals surface area contributed by atoms with Crippen LogP contribution in [0.25, 0.3) is 32.6 Å². The molecule has 0 saturated heterocycles. The highest BCUT2D eigenvalue weighted by Crippen LogP contribution is 2.42. The van der Waals surface area contributed by atoms with Gasteiger partial charge in [-0.05, 0) is 60.9 Å². The first-order chi connectivity index (χ1) is 12.8. The molecular weight excluding hydrogens is 370 g/mol. The monoisotopic (exact) mass is 390 g/mol. The van der Waals surface area contributed by atoms with Crippen LogP contribution in [0, 0.1) is 6.92 Å². The van der Waals surface area contributed by atoms with E-state index in [0.717, 1.165) is 5.69 Å². The van der Waals surface area contributed by atoms with Crippen molar-refractivity contribution in [2.45, 2.75) is 32.6 Å². The Morgan fingerprint density at radius 3 is 2.41 bits per heavy atom. The van der Waals surface area contributed by atoms with Crippen molar-refractivity contribution in [2.75, 3.05) is 0 Å². The number of rotatable bonds is 2. The van der Waals surface area contributed by atoms with E-state index in [1.807, 2.05) is 11.3 Å². The van der Waals surface area contributed by atoms with E-state index >= 15 is 0 Å². The fourth-order valence-corrected chi connectivity index (χ4v) is 5.39.